The van der Waals surface area contributed by atoms with Crippen molar-refractivity contribution in [3.63, 3.8) is 0 Å². The number of hydrogen-bond donors (Lipinski definition) is 0. The third kappa shape index (κ3) is 4.50. The highest BCUT2D eigenvalue weighted by Crippen LogP contribution is 2.33. The van der Waals surface area contributed by atoms with Crippen LogP contribution in [0.5, 0.6) is 5.75 Å². The number of unbranched alkanes of at least 4 members (excludes halogenated alkanes) is 2. The van der Waals surface area contributed by atoms with E-state index in [0.29, 0.717) is 5.92 Å². The number of rotatable bonds is 7. The first-order chi connectivity index (χ1) is 9.31. The Morgan fingerprint density at radius 3 is 2.95 bits per heavy atom. The Labute approximate surface area is 125 Å². The maximum Gasteiger partial charge on any atom is 0.122 e. The molecule has 2 nitrogen and oxygen atoms in total. The van der Waals surface area contributed by atoms with Crippen LogP contribution in [0.1, 0.15) is 37.2 Å². The molecule has 0 saturated carbocycles. The van der Waals surface area contributed by atoms with Gasteiger partial charge in [0.1, 0.15) is 5.75 Å². The Morgan fingerprint density at radius 2 is 2.11 bits per heavy atom. The van der Waals surface area contributed by atoms with E-state index < -0.39 is 0 Å². The predicted molar refractivity (Wildman–Crippen MR) is 84.4 cm³/mol. The van der Waals surface area contributed by atoms with Gasteiger partial charge in [-0.2, -0.15) is 0 Å². The van der Waals surface area contributed by atoms with Crippen molar-refractivity contribution in [2.75, 3.05) is 32.1 Å². The van der Waals surface area contributed by atoms with Crippen LogP contribution in [-0.4, -0.2) is 37.0 Å². The molecule has 0 saturated heterocycles. The van der Waals surface area contributed by atoms with E-state index in [1.54, 1.807) is 0 Å². The first-order valence-electron chi connectivity index (χ1n) is 7.27. The van der Waals surface area contributed by atoms with Gasteiger partial charge in [0.05, 0.1) is 6.61 Å². The lowest BCUT2D eigenvalue weighted by Crippen LogP contribution is -2.28. The average molecular weight is 326 g/mol. The molecule has 1 aromatic carbocycles. The quantitative estimate of drug-likeness (QED) is 0.554. The molecule has 1 heterocycles. The van der Waals surface area contributed by atoms with Crippen LogP contribution in [0.15, 0.2) is 24.3 Å². The molecular formula is C16H24BrNO. The Bertz CT molecular complexity index is 383. The summed E-state index contributed by atoms with van der Waals surface area (Å²) in [5.41, 5.74) is 1.39. The van der Waals surface area contributed by atoms with Gasteiger partial charge in [0.15, 0.2) is 0 Å². The van der Waals surface area contributed by atoms with E-state index in [4.69, 9.17) is 4.74 Å². The van der Waals surface area contributed by atoms with E-state index in [1.807, 2.05) is 0 Å². The van der Waals surface area contributed by atoms with Crippen LogP contribution in [0, 0.1) is 0 Å². The number of fused-ring (bicyclic) bond motifs is 1. The zero-order valence-corrected chi connectivity index (χ0v) is 13.4. The number of halogens is 1. The molecule has 3 heteroatoms. The minimum Gasteiger partial charge on any atom is -0.493 e. The zero-order chi connectivity index (χ0) is 13.5. The Hall–Kier alpha value is -0.540. The normalized spacial score (nSPS) is 18.2. The van der Waals surface area contributed by atoms with E-state index in [-0.39, 0.29) is 0 Å². The number of likely N-dealkylation sites (N-methyl/N-ethyl adjacent to an activating group) is 1. The Kier molecular flexibility index (Phi) is 6.18. The largest absolute Gasteiger partial charge is 0.493 e. The summed E-state index contributed by atoms with van der Waals surface area (Å²) in [5, 5.41) is 1.13. The topological polar surface area (TPSA) is 12.5 Å². The SMILES string of the molecule is CN(CCCCCBr)CC1CCOc2ccccc21. The van der Waals surface area contributed by atoms with Crippen molar-refractivity contribution in [1.82, 2.24) is 4.90 Å². The monoisotopic (exact) mass is 325 g/mol. The van der Waals surface area contributed by atoms with Crippen LogP contribution in [0.25, 0.3) is 0 Å². The van der Waals surface area contributed by atoms with Crippen LogP contribution >= 0.6 is 15.9 Å². The van der Waals surface area contributed by atoms with Crippen LogP contribution in [0.4, 0.5) is 0 Å². The summed E-state index contributed by atoms with van der Waals surface area (Å²) < 4.78 is 5.72. The van der Waals surface area contributed by atoms with Crippen molar-refractivity contribution < 1.29 is 4.74 Å². The molecule has 2 rings (SSSR count). The first kappa shape index (κ1) is 14.9. The van der Waals surface area contributed by atoms with Gasteiger partial charge in [-0.15, -0.1) is 0 Å². The van der Waals surface area contributed by atoms with E-state index >= 15 is 0 Å². The lowest BCUT2D eigenvalue weighted by atomic mass is 9.92. The molecule has 0 aliphatic carbocycles. The van der Waals surface area contributed by atoms with Crippen molar-refractivity contribution in [2.24, 2.45) is 0 Å². The molecule has 0 aromatic heterocycles. The van der Waals surface area contributed by atoms with E-state index in [1.165, 1.54) is 31.4 Å². The van der Waals surface area contributed by atoms with Crippen molar-refractivity contribution in [3.05, 3.63) is 29.8 Å². The van der Waals surface area contributed by atoms with Gasteiger partial charge in [-0.05, 0) is 44.5 Å². The third-order valence-electron chi connectivity index (χ3n) is 3.79. The number of hydrogen-bond acceptors (Lipinski definition) is 2. The third-order valence-corrected chi connectivity index (χ3v) is 4.35. The molecule has 0 amide bonds. The number of benzene rings is 1. The van der Waals surface area contributed by atoms with Crippen molar-refractivity contribution in [2.45, 2.75) is 31.6 Å². The van der Waals surface area contributed by atoms with Crippen LogP contribution in [-0.2, 0) is 0 Å². The molecule has 0 radical (unpaired) electrons. The second-order valence-electron chi connectivity index (χ2n) is 5.38. The number of alkyl halides is 1. The zero-order valence-electron chi connectivity index (χ0n) is 11.8. The maximum atomic E-state index is 5.72. The maximum absolute atomic E-state index is 5.72. The van der Waals surface area contributed by atoms with Gasteiger partial charge < -0.3 is 9.64 Å². The molecular weight excluding hydrogens is 302 g/mol. The summed E-state index contributed by atoms with van der Waals surface area (Å²) in [6, 6.07) is 8.50. The minimum atomic E-state index is 0.631. The summed E-state index contributed by atoms with van der Waals surface area (Å²) in [6.07, 6.45) is 5.05. The van der Waals surface area contributed by atoms with Crippen LogP contribution in [0.2, 0.25) is 0 Å². The summed E-state index contributed by atoms with van der Waals surface area (Å²) >= 11 is 3.49. The molecule has 1 aliphatic rings. The number of para-hydroxylation sites is 1. The minimum absolute atomic E-state index is 0.631. The van der Waals surface area contributed by atoms with Gasteiger partial charge in [0.25, 0.3) is 0 Å². The van der Waals surface area contributed by atoms with Gasteiger partial charge >= 0.3 is 0 Å². The van der Waals surface area contributed by atoms with Gasteiger partial charge in [-0.1, -0.05) is 40.5 Å². The molecule has 1 unspecified atom stereocenters. The van der Waals surface area contributed by atoms with E-state index in [9.17, 15) is 0 Å². The molecule has 0 spiro atoms. The molecule has 0 bridgehead atoms. The number of nitrogens with zero attached hydrogens (tertiary/aromatic N) is 1. The highest BCUT2D eigenvalue weighted by atomic mass is 79.9. The van der Waals surface area contributed by atoms with Crippen molar-refractivity contribution in [1.29, 1.82) is 0 Å². The standard InChI is InChI=1S/C16H24BrNO/c1-18(11-6-2-5-10-17)13-14-9-12-19-16-8-4-3-7-15(14)16/h3-4,7-8,14H,2,5-6,9-13H2,1H3. The smallest absolute Gasteiger partial charge is 0.122 e. The predicted octanol–water partition coefficient (Wildman–Crippen LogP) is 4.05. The average Bonchev–Trinajstić information content (AvgIpc) is 2.44. The van der Waals surface area contributed by atoms with Crippen molar-refractivity contribution >= 4 is 15.9 Å². The van der Waals surface area contributed by atoms with Gasteiger partial charge in [-0.3, -0.25) is 0 Å². The fourth-order valence-electron chi connectivity index (χ4n) is 2.73. The second-order valence-corrected chi connectivity index (χ2v) is 6.18. The van der Waals surface area contributed by atoms with Crippen LogP contribution in [0.3, 0.4) is 0 Å². The fourth-order valence-corrected chi connectivity index (χ4v) is 3.12. The molecule has 0 fully saturated rings. The summed E-state index contributed by atoms with van der Waals surface area (Å²) in [7, 11) is 2.24. The summed E-state index contributed by atoms with van der Waals surface area (Å²) in [5.74, 6) is 1.72. The molecule has 0 N–H and O–H groups in total. The van der Waals surface area contributed by atoms with Crippen molar-refractivity contribution in [3.8, 4) is 5.75 Å². The summed E-state index contributed by atoms with van der Waals surface area (Å²) in [6.45, 7) is 3.21. The molecule has 1 aromatic rings. The van der Waals surface area contributed by atoms with Crippen LogP contribution < -0.4 is 4.74 Å². The van der Waals surface area contributed by atoms with Gasteiger partial charge in [0.2, 0.25) is 0 Å². The lowest BCUT2D eigenvalue weighted by Gasteiger charge is -2.29. The fraction of sp³-hybridized carbons (Fsp3) is 0.625. The Morgan fingerprint density at radius 1 is 1.26 bits per heavy atom. The van der Waals surface area contributed by atoms with Gasteiger partial charge in [-0.25, -0.2) is 0 Å². The van der Waals surface area contributed by atoms with E-state index in [2.05, 4.69) is 52.1 Å². The molecule has 106 valence electrons. The number of ether oxygens (including phenoxy) is 1. The van der Waals surface area contributed by atoms with Gasteiger partial charge in [0, 0.05) is 17.8 Å². The molecule has 1 atom stereocenters. The summed E-state index contributed by atoms with van der Waals surface area (Å²) in [4.78, 5) is 2.47. The first-order valence-corrected chi connectivity index (χ1v) is 8.39. The second kappa shape index (κ2) is 7.91. The lowest BCUT2D eigenvalue weighted by molar-refractivity contribution is 0.230. The highest BCUT2D eigenvalue weighted by molar-refractivity contribution is 9.09. The Balaban J connectivity index is 1.83. The highest BCUT2D eigenvalue weighted by Gasteiger charge is 2.21. The molecule has 19 heavy (non-hydrogen) atoms. The van der Waals surface area contributed by atoms with E-state index in [0.717, 1.165) is 30.7 Å². The molecule has 1 aliphatic heterocycles.